The second kappa shape index (κ2) is 6.56. The van der Waals surface area contributed by atoms with Crippen LogP contribution in [0.15, 0.2) is 12.1 Å². The number of aromatic carboxylic acids is 1. The zero-order valence-corrected chi connectivity index (χ0v) is 12.5. The summed E-state index contributed by atoms with van der Waals surface area (Å²) < 4.78 is 0. The molecule has 0 radical (unpaired) electrons. The predicted octanol–water partition coefficient (Wildman–Crippen LogP) is 3.15. The van der Waals surface area contributed by atoms with Crippen LogP contribution in [0.1, 0.15) is 66.7 Å². The highest BCUT2D eigenvalue weighted by Crippen LogP contribution is 2.28. The molecule has 2 heterocycles. The van der Waals surface area contributed by atoms with Gasteiger partial charge in [0.2, 0.25) is 0 Å². The minimum Gasteiger partial charge on any atom is -0.477 e. The molecule has 0 aromatic carbocycles. The number of fused-ring (bicyclic) bond motifs is 1. The van der Waals surface area contributed by atoms with E-state index in [1.54, 1.807) is 6.07 Å². The zero-order chi connectivity index (χ0) is 14.7. The van der Waals surface area contributed by atoms with E-state index in [1.165, 1.54) is 44.9 Å². The van der Waals surface area contributed by atoms with E-state index in [4.69, 9.17) is 5.11 Å². The minimum absolute atomic E-state index is 0.168. The first-order valence-corrected chi connectivity index (χ1v) is 8.18. The Kier molecular flexibility index (Phi) is 4.54. The molecule has 0 amide bonds. The fourth-order valence-corrected chi connectivity index (χ4v) is 3.66. The summed E-state index contributed by atoms with van der Waals surface area (Å²) in [6.07, 6.45) is 10.3. The maximum atomic E-state index is 11.0. The van der Waals surface area contributed by atoms with Crippen LogP contribution in [0.3, 0.4) is 0 Å². The van der Waals surface area contributed by atoms with Gasteiger partial charge in [-0.05, 0) is 30.4 Å². The number of carboxylic acid groups (broad SMARTS) is 1. The van der Waals surface area contributed by atoms with Crippen molar-refractivity contribution in [2.45, 2.75) is 64.0 Å². The van der Waals surface area contributed by atoms with Crippen LogP contribution in [0, 0.1) is 5.92 Å². The van der Waals surface area contributed by atoms with Gasteiger partial charge in [-0.1, -0.05) is 38.2 Å². The van der Waals surface area contributed by atoms with Crippen molar-refractivity contribution in [3.05, 3.63) is 29.1 Å². The highest BCUT2D eigenvalue weighted by atomic mass is 16.4. The molecule has 1 aliphatic carbocycles. The fraction of sp³-hybridized carbons (Fsp3) is 0.647. The van der Waals surface area contributed by atoms with Gasteiger partial charge in [0, 0.05) is 24.7 Å². The lowest BCUT2D eigenvalue weighted by Crippen LogP contribution is -2.36. The van der Waals surface area contributed by atoms with Crippen molar-refractivity contribution >= 4 is 5.97 Å². The van der Waals surface area contributed by atoms with Crippen molar-refractivity contribution in [2.75, 3.05) is 0 Å². The van der Waals surface area contributed by atoms with Crippen LogP contribution in [0.4, 0.5) is 0 Å². The summed E-state index contributed by atoms with van der Waals surface area (Å²) in [4.78, 5) is 15.3. The standard InChI is InChI=1S/C17H24N2O2/c20-17(21)15-9-7-13-11-18-14(10-16(13)19-15)8-6-12-4-2-1-3-5-12/h7,9,12,14,18H,1-6,8,10-11H2,(H,20,21). The Bertz CT molecular complexity index is 510. The molecule has 4 nitrogen and oxygen atoms in total. The quantitative estimate of drug-likeness (QED) is 0.893. The number of pyridine rings is 1. The van der Waals surface area contributed by atoms with E-state index in [1.807, 2.05) is 6.07 Å². The lowest BCUT2D eigenvalue weighted by molar-refractivity contribution is 0.0690. The molecule has 0 saturated heterocycles. The van der Waals surface area contributed by atoms with E-state index >= 15 is 0 Å². The Balaban J connectivity index is 1.58. The van der Waals surface area contributed by atoms with E-state index in [2.05, 4.69) is 10.3 Å². The molecule has 1 fully saturated rings. The van der Waals surface area contributed by atoms with Crippen molar-refractivity contribution in [1.29, 1.82) is 0 Å². The van der Waals surface area contributed by atoms with Gasteiger partial charge in [0.05, 0.1) is 0 Å². The summed E-state index contributed by atoms with van der Waals surface area (Å²) in [5, 5.41) is 12.6. The number of hydrogen-bond acceptors (Lipinski definition) is 3. The summed E-state index contributed by atoms with van der Waals surface area (Å²) in [5.41, 5.74) is 2.29. The highest BCUT2D eigenvalue weighted by molar-refractivity contribution is 5.85. The van der Waals surface area contributed by atoms with Gasteiger partial charge in [-0.25, -0.2) is 9.78 Å². The van der Waals surface area contributed by atoms with E-state index in [9.17, 15) is 4.79 Å². The SMILES string of the molecule is O=C(O)c1ccc2c(n1)CC(CCC1CCCCC1)NC2. The van der Waals surface area contributed by atoms with Gasteiger partial charge in [0.1, 0.15) is 5.69 Å². The molecule has 1 saturated carbocycles. The number of hydrogen-bond donors (Lipinski definition) is 2. The molecule has 21 heavy (non-hydrogen) atoms. The summed E-state index contributed by atoms with van der Waals surface area (Å²) >= 11 is 0. The van der Waals surface area contributed by atoms with Gasteiger partial charge in [0.15, 0.2) is 0 Å². The van der Waals surface area contributed by atoms with Crippen molar-refractivity contribution < 1.29 is 9.90 Å². The second-order valence-corrected chi connectivity index (χ2v) is 6.47. The summed E-state index contributed by atoms with van der Waals surface area (Å²) in [5.74, 6) is -0.0321. The lowest BCUT2D eigenvalue weighted by atomic mass is 9.84. The molecule has 1 aromatic rings. The molecular formula is C17H24N2O2. The Morgan fingerprint density at radius 1 is 1.24 bits per heavy atom. The lowest BCUT2D eigenvalue weighted by Gasteiger charge is -2.28. The third-order valence-electron chi connectivity index (χ3n) is 4.96. The number of carbonyl (C=O) groups is 1. The Labute approximate surface area is 126 Å². The first kappa shape index (κ1) is 14.5. The normalized spacial score (nSPS) is 22.8. The van der Waals surface area contributed by atoms with Gasteiger partial charge in [-0.15, -0.1) is 0 Å². The molecule has 2 N–H and O–H groups in total. The maximum Gasteiger partial charge on any atom is 0.354 e. The van der Waals surface area contributed by atoms with Crippen molar-refractivity contribution in [2.24, 2.45) is 5.92 Å². The number of carboxylic acids is 1. The second-order valence-electron chi connectivity index (χ2n) is 6.47. The van der Waals surface area contributed by atoms with Crippen molar-refractivity contribution in [1.82, 2.24) is 10.3 Å². The number of nitrogens with zero attached hydrogens (tertiary/aromatic N) is 1. The molecule has 1 aromatic heterocycles. The largest absolute Gasteiger partial charge is 0.477 e. The van der Waals surface area contributed by atoms with Crippen LogP contribution in [-0.2, 0) is 13.0 Å². The van der Waals surface area contributed by atoms with Crippen LogP contribution in [0.25, 0.3) is 0 Å². The topological polar surface area (TPSA) is 62.2 Å². The molecule has 114 valence electrons. The van der Waals surface area contributed by atoms with Gasteiger partial charge in [-0.2, -0.15) is 0 Å². The van der Waals surface area contributed by atoms with Crippen LogP contribution < -0.4 is 5.32 Å². The van der Waals surface area contributed by atoms with E-state index in [0.717, 1.165) is 30.1 Å². The molecule has 3 rings (SSSR count). The Morgan fingerprint density at radius 3 is 2.81 bits per heavy atom. The molecule has 4 heteroatoms. The third kappa shape index (κ3) is 3.62. The molecule has 1 aliphatic heterocycles. The predicted molar refractivity (Wildman–Crippen MR) is 81.3 cm³/mol. The third-order valence-corrected chi connectivity index (χ3v) is 4.96. The van der Waals surface area contributed by atoms with Crippen LogP contribution in [-0.4, -0.2) is 22.1 Å². The number of rotatable bonds is 4. The summed E-state index contributed by atoms with van der Waals surface area (Å²) in [6, 6.07) is 3.96. The van der Waals surface area contributed by atoms with Gasteiger partial charge < -0.3 is 10.4 Å². The smallest absolute Gasteiger partial charge is 0.354 e. The van der Waals surface area contributed by atoms with Crippen LogP contribution in [0.2, 0.25) is 0 Å². The molecular weight excluding hydrogens is 264 g/mol. The average molecular weight is 288 g/mol. The average Bonchev–Trinajstić information content (AvgIpc) is 2.53. The fourth-order valence-electron chi connectivity index (χ4n) is 3.66. The first-order valence-electron chi connectivity index (χ1n) is 8.18. The first-order chi connectivity index (χ1) is 10.2. The van der Waals surface area contributed by atoms with E-state index in [-0.39, 0.29) is 5.69 Å². The van der Waals surface area contributed by atoms with Crippen LogP contribution >= 0.6 is 0 Å². The maximum absolute atomic E-state index is 11.0. The van der Waals surface area contributed by atoms with Gasteiger partial charge >= 0.3 is 5.97 Å². The zero-order valence-electron chi connectivity index (χ0n) is 12.5. The highest BCUT2D eigenvalue weighted by Gasteiger charge is 2.22. The Hall–Kier alpha value is -1.42. The molecule has 2 aliphatic rings. The number of aromatic nitrogens is 1. The van der Waals surface area contributed by atoms with E-state index in [0.29, 0.717) is 6.04 Å². The molecule has 0 spiro atoms. The molecule has 1 atom stereocenters. The van der Waals surface area contributed by atoms with Crippen molar-refractivity contribution in [3.63, 3.8) is 0 Å². The Morgan fingerprint density at radius 2 is 2.05 bits per heavy atom. The monoisotopic (exact) mass is 288 g/mol. The van der Waals surface area contributed by atoms with Crippen molar-refractivity contribution in [3.8, 4) is 0 Å². The summed E-state index contributed by atoms with van der Waals surface area (Å²) in [6.45, 7) is 0.817. The summed E-state index contributed by atoms with van der Waals surface area (Å²) in [7, 11) is 0. The van der Waals surface area contributed by atoms with Crippen LogP contribution in [0.5, 0.6) is 0 Å². The minimum atomic E-state index is -0.935. The van der Waals surface area contributed by atoms with Gasteiger partial charge in [-0.3, -0.25) is 0 Å². The molecule has 0 bridgehead atoms. The van der Waals surface area contributed by atoms with Gasteiger partial charge in [0.25, 0.3) is 0 Å². The van der Waals surface area contributed by atoms with E-state index < -0.39 is 5.97 Å². The molecule has 1 unspecified atom stereocenters. The number of nitrogens with one attached hydrogen (secondary N) is 1.